The highest BCUT2D eigenvalue weighted by Gasteiger charge is 2.25. The van der Waals surface area contributed by atoms with Crippen molar-refractivity contribution in [3.63, 3.8) is 0 Å². The van der Waals surface area contributed by atoms with Crippen LogP contribution in [0.25, 0.3) is 0 Å². The van der Waals surface area contributed by atoms with Crippen LogP contribution in [0, 0.1) is 0 Å². The van der Waals surface area contributed by atoms with Gasteiger partial charge in [-0.1, -0.05) is 156 Å². The van der Waals surface area contributed by atoms with Gasteiger partial charge in [-0.3, -0.25) is 13.8 Å². The summed E-state index contributed by atoms with van der Waals surface area (Å²) in [5.41, 5.74) is 5.35. The summed E-state index contributed by atoms with van der Waals surface area (Å²) >= 11 is 0. The molecule has 2 atom stereocenters. The van der Waals surface area contributed by atoms with Crippen LogP contribution in [0.4, 0.5) is 0 Å². The Labute approximate surface area is 330 Å². The number of carbonyl (C=O) groups is 1. The molecule has 0 bridgehead atoms. The highest BCUT2D eigenvalue weighted by molar-refractivity contribution is 7.47. The number of allylic oxidation sites excluding steroid dienone is 15. The molecular weight excluding hydrogens is 697 g/mol. The molecule has 0 radical (unpaired) electrons. The monoisotopic (exact) mass is 774 g/mol. The minimum absolute atomic E-state index is 0.0633. The minimum atomic E-state index is -4.31. The van der Waals surface area contributed by atoms with Crippen LogP contribution in [0.2, 0.25) is 0 Å². The summed E-state index contributed by atoms with van der Waals surface area (Å²) < 4.78 is 33.2. The lowest BCUT2D eigenvalue weighted by molar-refractivity contribution is -0.153. The molecule has 8 nitrogen and oxygen atoms in total. The van der Waals surface area contributed by atoms with Gasteiger partial charge in [0, 0.05) is 13.2 Å². The molecule has 0 saturated heterocycles. The first-order valence-electron chi connectivity index (χ1n) is 20.7. The normalized spacial score (nSPS) is 14.5. The van der Waals surface area contributed by atoms with Crippen LogP contribution < -0.4 is 5.73 Å². The zero-order valence-corrected chi connectivity index (χ0v) is 34.8. The number of nitrogens with two attached hydrogens (primary N) is 1. The van der Waals surface area contributed by atoms with E-state index in [4.69, 9.17) is 24.3 Å². The Kier molecular flexibility index (Phi) is 39.6. The summed E-state index contributed by atoms with van der Waals surface area (Å²) in [6, 6.07) is 0. The molecular formula is C45H76NO7P. The van der Waals surface area contributed by atoms with Crippen LogP contribution >= 0.6 is 7.82 Å². The van der Waals surface area contributed by atoms with E-state index >= 15 is 0 Å². The van der Waals surface area contributed by atoms with Gasteiger partial charge >= 0.3 is 13.8 Å². The van der Waals surface area contributed by atoms with Crippen molar-refractivity contribution in [3.05, 3.63) is 97.2 Å². The van der Waals surface area contributed by atoms with Gasteiger partial charge in [-0.2, -0.15) is 0 Å². The summed E-state index contributed by atoms with van der Waals surface area (Å²) in [5, 5.41) is 0. The Morgan fingerprint density at radius 3 is 1.56 bits per heavy atom. The number of esters is 1. The van der Waals surface area contributed by atoms with Gasteiger partial charge in [0.25, 0.3) is 0 Å². The van der Waals surface area contributed by atoms with Gasteiger partial charge in [0.15, 0.2) is 0 Å². The van der Waals surface area contributed by atoms with Crippen molar-refractivity contribution in [2.45, 2.75) is 148 Å². The van der Waals surface area contributed by atoms with Crippen LogP contribution in [0.1, 0.15) is 142 Å². The molecule has 0 aliphatic carbocycles. The molecule has 54 heavy (non-hydrogen) atoms. The molecule has 0 rings (SSSR count). The van der Waals surface area contributed by atoms with E-state index in [1.54, 1.807) is 6.08 Å². The lowest BCUT2D eigenvalue weighted by Crippen LogP contribution is -2.28. The first-order valence-corrected chi connectivity index (χ1v) is 22.2. The van der Waals surface area contributed by atoms with Crippen molar-refractivity contribution < 1.29 is 32.8 Å². The number of hydrogen-bond acceptors (Lipinski definition) is 7. The fraction of sp³-hybridized carbons (Fsp3) is 0.622. The molecule has 0 aliphatic heterocycles. The molecule has 0 saturated carbocycles. The number of unbranched alkanes of at least 4 members (excludes halogenated alkanes) is 10. The average molecular weight is 774 g/mol. The van der Waals surface area contributed by atoms with E-state index in [0.29, 0.717) is 13.0 Å². The Hall–Kier alpha value is -2.58. The fourth-order valence-corrected chi connectivity index (χ4v) is 5.78. The largest absolute Gasteiger partial charge is 0.472 e. The van der Waals surface area contributed by atoms with Gasteiger partial charge < -0.3 is 20.1 Å². The van der Waals surface area contributed by atoms with E-state index in [1.165, 1.54) is 51.4 Å². The third kappa shape index (κ3) is 40.6. The smallest absolute Gasteiger partial charge is 0.457 e. The minimum Gasteiger partial charge on any atom is -0.457 e. The first-order chi connectivity index (χ1) is 26.4. The van der Waals surface area contributed by atoms with Crippen LogP contribution in [0.15, 0.2) is 97.2 Å². The second-order valence-corrected chi connectivity index (χ2v) is 14.6. The molecule has 0 aliphatic rings. The van der Waals surface area contributed by atoms with Crippen molar-refractivity contribution in [1.29, 1.82) is 0 Å². The van der Waals surface area contributed by atoms with Crippen molar-refractivity contribution in [3.8, 4) is 0 Å². The standard InChI is InChI=1S/C45H76NO7P/c1-3-5-7-9-11-13-15-17-19-20-21-22-23-25-27-29-31-33-35-37-40-50-42-44(43-52-54(48,49)51-41-39-46)53-45(47)38-36-34-32-30-28-26-24-18-16-14-12-10-8-6-4-2/h6,8,11-14,17-19,21-22,24,28,30,34,36,44H,3-5,7,9-10,15-16,20,23,25-27,29,31-33,35,37-43,46H2,1-2H3,(H,48,49)/b8-6-,13-11-,14-12-,19-17-,22-21-,24-18-,30-28-,36-34-. The Bertz CT molecular complexity index is 1140. The average Bonchev–Trinajstić information content (AvgIpc) is 3.16. The summed E-state index contributed by atoms with van der Waals surface area (Å²) in [6.45, 7) is 4.59. The number of ether oxygens (including phenoxy) is 2. The third-order valence-electron chi connectivity index (χ3n) is 8.02. The molecule has 0 fully saturated rings. The van der Waals surface area contributed by atoms with Gasteiger partial charge in [-0.25, -0.2) is 4.57 Å². The number of phosphoric acid groups is 1. The predicted octanol–water partition coefficient (Wildman–Crippen LogP) is 12.3. The third-order valence-corrected chi connectivity index (χ3v) is 9.00. The topological polar surface area (TPSA) is 117 Å². The van der Waals surface area contributed by atoms with Crippen LogP contribution in [-0.4, -0.2) is 49.9 Å². The van der Waals surface area contributed by atoms with Crippen LogP contribution in [-0.2, 0) is 27.9 Å². The molecule has 0 aromatic rings. The maximum atomic E-state index is 12.5. The van der Waals surface area contributed by atoms with E-state index in [2.05, 4.69) is 98.9 Å². The first kappa shape index (κ1) is 51.4. The van der Waals surface area contributed by atoms with Crippen molar-refractivity contribution in [2.24, 2.45) is 5.73 Å². The molecule has 0 spiro atoms. The van der Waals surface area contributed by atoms with Crippen molar-refractivity contribution in [1.82, 2.24) is 0 Å². The summed E-state index contributed by atoms with van der Waals surface area (Å²) in [5.74, 6) is -0.465. The Morgan fingerprint density at radius 1 is 0.574 bits per heavy atom. The fourth-order valence-electron chi connectivity index (χ4n) is 5.02. The lowest BCUT2D eigenvalue weighted by atomic mass is 10.1. The number of hydrogen-bond donors (Lipinski definition) is 2. The number of rotatable bonds is 38. The van der Waals surface area contributed by atoms with Gasteiger partial charge in [-0.05, 0) is 77.0 Å². The number of phosphoric ester groups is 1. The van der Waals surface area contributed by atoms with Crippen molar-refractivity contribution in [2.75, 3.05) is 33.0 Å². The highest BCUT2D eigenvalue weighted by Crippen LogP contribution is 2.43. The van der Waals surface area contributed by atoms with E-state index in [1.807, 2.05) is 6.08 Å². The summed E-state index contributed by atoms with van der Waals surface area (Å²) in [4.78, 5) is 22.4. The molecule has 0 heterocycles. The van der Waals surface area contributed by atoms with Crippen molar-refractivity contribution >= 4 is 13.8 Å². The van der Waals surface area contributed by atoms with Gasteiger partial charge in [-0.15, -0.1) is 0 Å². The van der Waals surface area contributed by atoms with Crippen LogP contribution in [0.5, 0.6) is 0 Å². The lowest BCUT2D eigenvalue weighted by Gasteiger charge is -2.19. The summed E-state index contributed by atoms with van der Waals surface area (Å²) in [7, 11) is -4.31. The number of carbonyl (C=O) groups excluding carboxylic acids is 1. The molecule has 308 valence electrons. The Morgan fingerprint density at radius 2 is 1.04 bits per heavy atom. The van der Waals surface area contributed by atoms with Gasteiger partial charge in [0.05, 0.1) is 26.2 Å². The Balaban J connectivity index is 4.20. The molecule has 0 aromatic heterocycles. The molecule has 0 aromatic carbocycles. The quantitative estimate of drug-likeness (QED) is 0.0276. The maximum Gasteiger partial charge on any atom is 0.472 e. The maximum absolute atomic E-state index is 12.5. The molecule has 0 amide bonds. The van der Waals surface area contributed by atoms with Crippen LogP contribution in [0.3, 0.4) is 0 Å². The van der Waals surface area contributed by atoms with Gasteiger partial charge in [0.1, 0.15) is 6.10 Å². The second-order valence-electron chi connectivity index (χ2n) is 13.1. The van der Waals surface area contributed by atoms with E-state index in [0.717, 1.165) is 64.2 Å². The highest BCUT2D eigenvalue weighted by atomic mass is 31.2. The molecule has 3 N–H and O–H groups in total. The second kappa shape index (κ2) is 41.6. The van der Waals surface area contributed by atoms with Gasteiger partial charge in [0.2, 0.25) is 0 Å². The molecule has 9 heteroatoms. The predicted molar refractivity (Wildman–Crippen MR) is 228 cm³/mol. The van der Waals surface area contributed by atoms with E-state index < -0.39 is 19.9 Å². The summed E-state index contributed by atoms with van der Waals surface area (Å²) in [6.07, 6.45) is 54.5. The zero-order chi connectivity index (χ0) is 39.5. The van der Waals surface area contributed by atoms with E-state index in [9.17, 15) is 14.3 Å². The van der Waals surface area contributed by atoms with E-state index in [-0.39, 0.29) is 32.8 Å². The SMILES string of the molecule is CC/C=C\C/C=C\C/C=C\C/C=C\C/C=C\CC(=O)OC(COCCCCCCCCC/C=C\C/C=C\C/C=C\CCCCC)COP(=O)(O)OCCN. The molecule has 2 unspecified atom stereocenters. The zero-order valence-electron chi connectivity index (χ0n) is 33.9.